The topological polar surface area (TPSA) is 75.7 Å². The number of hydrogen-bond donors (Lipinski definition) is 1. The summed E-state index contributed by atoms with van der Waals surface area (Å²) in [5, 5.41) is 3.05. The summed E-state index contributed by atoms with van der Waals surface area (Å²) in [5.41, 5.74) is 0.910. The summed E-state index contributed by atoms with van der Waals surface area (Å²) in [6, 6.07) is 6.65. The van der Waals surface area contributed by atoms with Gasteiger partial charge in [-0.3, -0.25) is 4.79 Å². The molecule has 0 saturated carbocycles. The number of carbonyl (C=O) groups excluding carboxylic acids is 1. The van der Waals surface area contributed by atoms with Gasteiger partial charge in [-0.25, -0.2) is 8.42 Å². The third-order valence-corrected chi connectivity index (χ3v) is 5.65. The highest BCUT2D eigenvalue weighted by atomic mass is 32.2. The number of ether oxygens (including phenoxy) is 1. The van der Waals surface area contributed by atoms with Crippen LogP contribution >= 0.6 is 0 Å². The van der Waals surface area contributed by atoms with E-state index in [0.717, 1.165) is 5.56 Å². The summed E-state index contributed by atoms with van der Waals surface area (Å²) in [7, 11) is -3.44. The van der Waals surface area contributed by atoms with Gasteiger partial charge in [0.15, 0.2) is 0 Å². The Balaban J connectivity index is 2.78. The van der Waals surface area contributed by atoms with Crippen molar-refractivity contribution in [2.45, 2.75) is 38.6 Å². The minimum atomic E-state index is -3.44. The lowest BCUT2D eigenvalue weighted by Crippen LogP contribution is -2.30. The Kier molecular flexibility index (Phi) is 7.67. The first-order valence-corrected chi connectivity index (χ1v) is 9.29. The summed E-state index contributed by atoms with van der Waals surface area (Å²) in [5.74, 6) is -0.305. The van der Waals surface area contributed by atoms with Gasteiger partial charge in [0.2, 0.25) is 10.0 Å². The summed E-state index contributed by atoms with van der Waals surface area (Å²) in [4.78, 5) is 11.6. The molecule has 23 heavy (non-hydrogen) atoms. The zero-order chi connectivity index (χ0) is 17.5. The second-order valence-electron chi connectivity index (χ2n) is 5.07. The van der Waals surface area contributed by atoms with Gasteiger partial charge in [-0.1, -0.05) is 26.0 Å². The van der Waals surface area contributed by atoms with Gasteiger partial charge in [0.25, 0.3) is 0 Å². The molecule has 0 aromatic heterocycles. The molecule has 0 spiro atoms. The quantitative estimate of drug-likeness (QED) is 0.694. The molecule has 1 aromatic carbocycles. The lowest BCUT2D eigenvalue weighted by molar-refractivity contribution is -0.142. The number of benzene rings is 1. The number of hydrogen-bond acceptors (Lipinski definition) is 5. The van der Waals surface area contributed by atoms with Gasteiger partial charge in [-0.05, 0) is 31.5 Å². The maximum absolute atomic E-state index is 12.4. The van der Waals surface area contributed by atoms with Crippen LogP contribution in [0, 0.1) is 0 Å². The monoisotopic (exact) mass is 342 g/mol. The van der Waals surface area contributed by atoms with E-state index in [2.05, 4.69) is 5.32 Å². The van der Waals surface area contributed by atoms with Crippen LogP contribution in [0.1, 0.15) is 39.3 Å². The highest BCUT2D eigenvalue weighted by molar-refractivity contribution is 7.89. The first-order chi connectivity index (χ1) is 10.9. The van der Waals surface area contributed by atoms with Gasteiger partial charge in [-0.15, -0.1) is 0 Å². The molecular weight excluding hydrogens is 316 g/mol. The van der Waals surface area contributed by atoms with Crippen molar-refractivity contribution in [3.63, 3.8) is 0 Å². The van der Waals surface area contributed by atoms with Crippen LogP contribution in [-0.4, -0.2) is 44.9 Å². The first-order valence-electron chi connectivity index (χ1n) is 7.85. The first kappa shape index (κ1) is 19.6. The van der Waals surface area contributed by atoms with Gasteiger partial charge in [-0.2, -0.15) is 4.31 Å². The lowest BCUT2D eigenvalue weighted by Gasteiger charge is -2.19. The third-order valence-electron chi connectivity index (χ3n) is 3.58. The highest BCUT2D eigenvalue weighted by Crippen LogP contribution is 2.19. The molecule has 0 bridgehead atoms. The predicted molar refractivity (Wildman–Crippen MR) is 89.6 cm³/mol. The van der Waals surface area contributed by atoms with Crippen LogP contribution in [-0.2, 0) is 19.6 Å². The minimum absolute atomic E-state index is 0.0791. The fraction of sp³-hybridized carbons (Fsp3) is 0.562. The van der Waals surface area contributed by atoms with E-state index in [0.29, 0.717) is 19.7 Å². The van der Waals surface area contributed by atoms with Crippen molar-refractivity contribution in [3.8, 4) is 0 Å². The van der Waals surface area contributed by atoms with E-state index in [1.165, 1.54) is 4.31 Å². The summed E-state index contributed by atoms with van der Waals surface area (Å²) >= 11 is 0. The van der Waals surface area contributed by atoms with Gasteiger partial charge in [0.05, 0.1) is 18.0 Å². The summed E-state index contributed by atoms with van der Waals surface area (Å²) in [6.45, 7) is 8.66. The molecule has 0 aliphatic rings. The minimum Gasteiger partial charge on any atom is -0.465 e. The van der Waals surface area contributed by atoms with Crippen molar-refractivity contribution in [1.82, 2.24) is 9.62 Å². The fourth-order valence-corrected chi connectivity index (χ4v) is 3.67. The molecule has 0 saturated heterocycles. The van der Waals surface area contributed by atoms with E-state index >= 15 is 0 Å². The van der Waals surface area contributed by atoms with Gasteiger partial charge < -0.3 is 10.1 Å². The van der Waals surface area contributed by atoms with Crippen LogP contribution in [0.3, 0.4) is 0 Å². The molecule has 1 atom stereocenters. The van der Waals surface area contributed by atoms with Crippen molar-refractivity contribution in [1.29, 1.82) is 0 Å². The number of nitrogens with zero attached hydrogens (tertiary/aromatic N) is 1. The largest absolute Gasteiger partial charge is 0.465 e. The zero-order valence-electron chi connectivity index (χ0n) is 14.2. The average molecular weight is 342 g/mol. The summed E-state index contributed by atoms with van der Waals surface area (Å²) < 4.78 is 31.1. The van der Waals surface area contributed by atoms with E-state index in [4.69, 9.17) is 4.74 Å². The third kappa shape index (κ3) is 5.30. The molecule has 0 aliphatic heterocycles. The van der Waals surface area contributed by atoms with Crippen LogP contribution in [0.4, 0.5) is 0 Å². The Morgan fingerprint density at radius 2 is 1.74 bits per heavy atom. The van der Waals surface area contributed by atoms with Crippen LogP contribution in [0.2, 0.25) is 0 Å². The van der Waals surface area contributed by atoms with Gasteiger partial charge in [0, 0.05) is 19.1 Å². The molecule has 1 aromatic rings. The number of esters is 1. The average Bonchev–Trinajstić information content (AvgIpc) is 2.54. The molecule has 0 aliphatic carbocycles. The van der Waals surface area contributed by atoms with Crippen molar-refractivity contribution >= 4 is 16.0 Å². The van der Waals surface area contributed by atoms with Gasteiger partial charge >= 0.3 is 5.97 Å². The van der Waals surface area contributed by atoms with Gasteiger partial charge in [0.1, 0.15) is 0 Å². The number of rotatable bonds is 9. The molecule has 1 unspecified atom stereocenters. The Hall–Kier alpha value is -1.44. The Bertz CT molecular complexity index is 595. The van der Waals surface area contributed by atoms with E-state index in [9.17, 15) is 13.2 Å². The van der Waals surface area contributed by atoms with Crippen molar-refractivity contribution in [3.05, 3.63) is 29.8 Å². The Labute approximate surface area is 138 Å². The molecule has 7 heteroatoms. The molecule has 130 valence electrons. The van der Waals surface area contributed by atoms with E-state index in [1.54, 1.807) is 31.2 Å². The normalized spacial score (nSPS) is 13.1. The lowest BCUT2D eigenvalue weighted by atomic mass is 10.1. The smallest absolute Gasteiger partial charge is 0.319 e. The van der Waals surface area contributed by atoms with Crippen molar-refractivity contribution < 1.29 is 17.9 Å². The van der Waals surface area contributed by atoms with Crippen LogP contribution in [0.5, 0.6) is 0 Å². The molecular formula is C16H26N2O4S. The Morgan fingerprint density at radius 1 is 1.17 bits per heavy atom. The van der Waals surface area contributed by atoms with Crippen LogP contribution in [0.15, 0.2) is 29.2 Å². The van der Waals surface area contributed by atoms with Crippen molar-refractivity contribution in [2.75, 3.05) is 26.2 Å². The molecule has 0 radical (unpaired) electrons. The maximum Gasteiger partial charge on any atom is 0.319 e. The molecule has 1 N–H and O–H groups in total. The molecule has 0 fully saturated rings. The van der Waals surface area contributed by atoms with Crippen LogP contribution in [0.25, 0.3) is 0 Å². The van der Waals surface area contributed by atoms with E-state index in [1.807, 2.05) is 20.8 Å². The summed E-state index contributed by atoms with van der Waals surface area (Å²) in [6.07, 6.45) is 0. The number of sulfonamides is 1. The molecule has 0 heterocycles. The molecule has 6 nitrogen and oxygen atoms in total. The predicted octanol–water partition coefficient (Wildman–Crippen LogP) is 1.93. The van der Waals surface area contributed by atoms with E-state index < -0.39 is 10.0 Å². The molecule has 1 rings (SSSR count). The second-order valence-corrected chi connectivity index (χ2v) is 7.00. The number of carbonyl (C=O) groups is 1. The van der Waals surface area contributed by atoms with Crippen molar-refractivity contribution in [2.24, 2.45) is 0 Å². The second kappa shape index (κ2) is 9.00. The van der Waals surface area contributed by atoms with E-state index in [-0.39, 0.29) is 23.5 Å². The fourth-order valence-electron chi connectivity index (χ4n) is 2.21. The Morgan fingerprint density at radius 3 is 2.22 bits per heavy atom. The molecule has 0 amide bonds. The van der Waals surface area contributed by atoms with Crippen LogP contribution < -0.4 is 5.32 Å². The number of nitrogens with one attached hydrogen (secondary N) is 1. The standard InChI is InChI=1S/C16H26N2O4S/c1-5-18(6-2)23(20,21)15-10-8-14(9-11-15)13(4)17-12-16(19)22-7-3/h8-11,13,17H,5-7,12H2,1-4H3. The zero-order valence-corrected chi connectivity index (χ0v) is 15.0. The SMILES string of the molecule is CCOC(=O)CNC(C)c1ccc(S(=O)(=O)N(CC)CC)cc1. The highest BCUT2D eigenvalue weighted by Gasteiger charge is 2.21. The maximum atomic E-state index is 12.4.